The average Bonchev–Trinajstić information content (AvgIpc) is 2.88. The number of amides is 1. The van der Waals surface area contributed by atoms with Gasteiger partial charge in [-0.05, 0) is 49.1 Å². The second kappa shape index (κ2) is 6.10. The third kappa shape index (κ3) is 3.50. The van der Waals surface area contributed by atoms with Gasteiger partial charge in [0.25, 0.3) is 0 Å². The molecule has 1 fully saturated rings. The first-order valence-corrected chi connectivity index (χ1v) is 6.52. The van der Waals surface area contributed by atoms with E-state index in [4.69, 9.17) is 5.73 Å². The second-order valence-electron chi connectivity index (χ2n) is 4.97. The van der Waals surface area contributed by atoms with Crippen molar-refractivity contribution < 1.29 is 13.6 Å². The molecular weight excluding hydrogens is 250 g/mol. The zero-order valence-corrected chi connectivity index (χ0v) is 10.7. The Hall–Kier alpha value is -1.49. The van der Waals surface area contributed by atoms with Crippen LogP contribution in [0.15, 0.2) is 18.2 Å². The molecule has 1 aromatic rings. The standard InChI is InChI=1S/C14H18F2N2O/c15-12-2-3-13(16)11(7-12)1-4-14(19)18-6-5-10(8-17)9-18/h2-3,7,10H,1,4-6,8-9,17H2/t10-/m0/s1. The van der Waals surface area contributed by atoms with Crippen LogP contribution in [-0.2, 0) is 11.2 Å². The van der Waals surface area contributed by atoms with Crippen LogP contribution >= 0.6 is 0 Å². The van der Waals surface area contributed by atoms with Gasteiger partial charge in [-0.25, -0.2) is 8.78 Å². The van der Waals surface area contributed by atoms with E-state index in [2.05, 4.69) is 0 Å². The lowest BCUT2D eigenvalue weighted by Gasteiger charge is -2.16. The number of likely N-dealkylation sites (tertiary alicyclic amines) is 1. The molecule has 0 bridgehead atoms. The van der Waals surface area contributed by atoms with Gasteiger partial charge in [-0.2, -0.15) is 0 Å². The minimum atomic E-state index is -0.479. The number of hydrogen-bond donors (Lipinski definition) is 1. The highest BCUT2D eigenvalue weighted by Crippen LogP contribution is 2.17. The third-order valence-corrected chi connectivity index (χ3v) is 3.59. The van der Waals surface area contributed by atoms with Crippen molar-refractivity contribution >= 4 is 5.91 Å². The van der Waals surface area contributed by atoms with Gasteiger partial charge in [-0.1, -0.05) is 0 Å². The number of rotatable bonds is 4. The maximum atomic E-state index is 13.4. The SMILES string of the molecule is NC[C@@H]1CCN(C(=O)CCc2cc(F)ccc2F)C1. The summed E-state index contributed by atoms with van der Waals surface area (Å²) in [6, 6.07) is 3.32. The number of hydrogen-bond acceptors (Lipinski definition) is 2. The summed E-state index contributed by atoms with van der Waals surface area (Å²) in [6.07, 6.45) is 1.36. The fourth-order valence-electron chi connectivity index (χ4n) is 2.39. The maximum Gasteiger partial charge on any atom is 0.222 e. The Balaban J connectivity index is 1.88. The molecule has 0 unspecified atom stereocenters. The molecule has 0 aromatic heterocycles. The Bertz CT molecular complexity index is 465. The Kier molecular flexibility index (Phi) is 4.47. The zero-order valence-electron chi connectivity index (χ0n) is 10.7. The summed E-state index contributed by atoms with van der Waals surface area (Å²) in [7, 11) is 0. The van der Waals surface area contributed by atoms with Crippen LogP contribution < -0.4 is 5.73 Å². The van der Waals surface area contributed by atoms with E-state index in [1.54, 1.807) is 4.90 Å². The fourth-order valence-corrected chi connectivity index (χ4v) is 2.39. The highest BCUT2D eigenvalue weighted by atomic mass is 19.1. The Labute approximate surface area is 111 Å². The molecule has 1 amide bonds. The van der Waals surface area contributed by atoms with Gasteiger partial charge in [-0.15, -0.1) is 0 Å². The molecule has 2 N–H and O–H groups in total. The molecule has 0 spiro atoms. The summed E-state index contributed by atoms with van der Waals surface area (Å²) in [5, 5.41) is 0. The van der Waals surface area contributed by atoms with Gasteiger partial charge in [0.1, 0.15) is 11.6 Å². The van der Waals surface area contributed by atoms with Crippen LogP contribution in [0.5, 0.6) is 0 Å². The topological polar surface area (TPSA) is 46.3 Å². The third-order valence-electron chi connectivity index (χ3n) is 3.59. The van der Waals surface area contributed by atoms with Gasteiger partial charge in [0.05, 0.1) is 0 Å². The summed E-state index contributed by atoms with van der Waals surface area (Å²) in [5.41, 5.74) is 5.82. The number of nitrogens with zero attached hydrogens (tertiary/aromatic N) is 1. The Morgan fingerprint density at radius 2 is 2.21 bits per heavy atom. The van der Waals surface area contributed by atoms with Gasteiger partial charge < -0.3 is 10.6 Å². The van der Waals surface area contributed by atoms with Gasteiger partial charge in [0, 0.05) is 19.5 Å². The number of carbonyl (C=O) groups excluding carboxylic acids is 1. The predicted molar refractivity (Wildman–Crippen MR) is 68.4 cm³/mol. The predicted octanol–water partition coefficient (Wildman–Crippen LogP) is 1.70. The van der Waals surface area contributed by atoms with Crippen LogP contribution in [0.25, 0.3) is 0 Å². The van der Waals surface area contributed by atoms with Gasteiger partial charge in [-0.3, -0.25) is 4.79 Å². The zero-order chi connectivity index (χ0) is 13.8. The van der Waals surface area contributed by atoms with E-state index in [0.717, 1.165) is 24.6 Å². The largest absolute Gasteiger partial charge is 0.342 e. The van der Waals surface area contributed by atoms with Crippen LogP contribution in [0.4, 0.5) is 8.78 Å². The van der Waals surface area contributed by atoms with E-state index in [1.165, 1.54) is 0 Å². The van der Waals surface area contributed by atoms with Crippen LogP contribution in [0, 0.1) is 17.6 Å². The molecule has 1 saturated heterocycles. The molecule has 0 radical (unpaired) electrons. The van der Waals surface area contributed by atoms with E-state index >= 15 is 0 Å². The molecule has 3 nitrogen and oxygen atoms in total. The minimum absolute atomic E-state index is 0.0142. The molecule has 5 heteroatoms. The molecule has 0 saturated carbocycles. The molecular formula is C14H18F2N2O. The van der Waals surface area contributed by atoms with Crippen molar-refractivity contribution in [3.8, 4) is 0 Å². The van der Waals surface area contributed by atoms with Crippen LogP contribution in [0.3, 0.4) is 0 Å². The average molecular weight is 268 g/mol. The quantitative estimate of drug-likeness (QED) is 0.903. The van der Waals surface area contributed by atoms with Crippen LogP contribution in [0.2, 0.25) is 0 Å². The highest BCUT2D eigenvalue weighted by Gasteiger charge is 2.24. The van der Waals surface area contributed by atoms with Crippen molar-refractivity contribution in [3.63, 3.8) is 0 Å². The van der Waals surface area contributed by atoms with Crippen LogP contribution in [0.1, 0.15) is 18.4 Å². The highest BCUT2D eigenvalue weighted by molar-refractivity contribution is 5.76. The lowest BCUT2D eigenvalue weighted by molar-refractivity contribution is -0.130. The van der Waals surface area contributed by atoms with Crippen LogP contribution in [-0.4, -0.2) is 30.4 Å². The normalized spacial score (nSPS) is 18.9. The Morgan fingerprint density at radius 3 is 2.89 bits per heavy atom. The summed E-state index contributed by atoms with van der Waals surface area (Å²) in [4.78, 5) is 13.7. The monoisotopic (exact) mass is 268 g/mol. The second-order valence-corrected chi connectivity index (χ2v) is 4.97. The molecule has 19 heavy (non-hydrogen) atoms. The summed E-state index contributed by atoms with van der Waals surface area (Å²) in [6.45, 7) is 1.98. The molecule has 1 aliphatic rings. The number of halogens is 2. The van der Waals surface area contributed by atoms with E-state index in [-0.39, 0.29) is 24.3 Å². The fraction of sp³-hybridized carbons (Fsp3) is 0.500. The maximum absolute atomic E-state index is 13.4. The van der Waals surface area contributed by atoms with E-state index in [0.29, 0.717) is 25.6 Å². The lowest BCUT2D eigenvalue weighted by atomic mass is 10.1. The van der Waals surface area contributed by atoms with E-state index < -0.39 is 11.6 Å². The van der Waals surface area contributed by atoms with Crippen molar-refractivity contribution in [3.05, 3.63) is 35.4 Å². The van der Waals surface area contributed by atoms with E-state index in [1.807, 2.05) is 0 Å². The molecule has 1 atom stereocenters. The molecule has 1 heterocycles. The number of carbonyl (C=O) groups is 1. The number of benzene rings is 1. The van der Waals surface area contributed by atoms with Gasteiger partial charge >= 0.3 is 0 Å². The number of nitrogens with two attached hydrogens (primary N) is 1. The first-order chi connectivity index (χ1) is 9.10. The summed E-state index contributed by atoms with van der Waals surface area (Å²) >= 11 is 0. The van der Waals surface area contributed by atoms with Crippen molar-refractivity contribution in [1.29, 1.82) is 0 Å². The molecule has 2 rings (SSSR count). The molecule has 1 aliphatic heterocycles. The van der Waals surface area contributed by atoms with Crippen molar-refractivity contribution in [2.75, 3.05) is 19.6 Å². The smallest absolute Gasteiger partial charge is 0.222 e. The van der Waals surface area contributed by atoms with Crippen molar-refractivity contribution in [2.24, 2.45) is 11.7 Å². The van der Waals surface area contributed by atoms with Gasteiger partial charge in [0.15, 0.2) is 0 Å². The number of aryl methyl sites for hydroxylation is 1. The molecule has 104 valence electrons. The minimum Gasteiger partial charge on any atom is -0.342 e. The lowest BCUT2D eigenvalue weighted by Crippen LogP contribution is -2.30. The summed E-state index contributed by atoms with van der Waals surface area (Å²) < 4.78 is 26.4. The first kappa shape index (κ1) is 13.9. The molecule has 1 aromatic carbocycles. The van der Waals surface area contributed by atoms with Crippen molar-refractivity contribution in [2.45, 2.75) is 19.3 Å². The van der Waals surface area contributed by atoms with Crippen molar-refractivity contribution in [1.82, 2.24) is 4.90 Å². The van der Waals surface area contributed by atoms with E-state index in [9.17, 15) is 13.6 Å². The Morgan fingerprint density at radius 1 is 1.42 bits per heavy atom. The molecule has 0 aliphatic carbocycles. The first-order valence-electron chi connectivity index (χ1n) is 6.52. The van der Waals surface area contributed by atoms with Gasteiger partial charge in [0.2, 0.25) is 5.91 Å². The summed E-state index contributed by atoms with van der Waals surface area (Å²) in [5.74, 6) is -0.585.